The third kappa shape index (κ3) is 4.90. The van der Waals surface area contributed by atoms with Gasteiger partial charge in [0.15, 0.2) is 7.98 Å². The van der Waals surface area contributed by atoms with E-state index >= 15 is 0 Å². The van der Waals surface area contributed by atoms with E-state index in [4.69, 9.17) is 7.98 Å². The van der Waals surface area contributed by atoms with Crippen molar-refractivity contribution in [1.29, 1.82) is 0 Å². The second-order valence-corrected chi connectivity index (χ2v) is 2.75. The molecule has 0 fully saturated rings. The average Bonchev–Trinajstić information content (AvgIpc) is 1.83. The summed E-state index contributed by atoms with van der Waals surface area (Å²) in [6.07, 6.45) is 1.20. The van der Waals surface area contributed by atoms with Crippen LogP contribution in [-0.4, -0.2) is 30.3 Å². The Morgan fingerprint density at radius 1 is 1.62 bits per heavy atom. The van der Waals surface area contributed by atoms with E-state index in [1.54, 1.807) is 0 Å². The van der Waals surface area contributed by atoms with Crippen molar-refractivity contribution in [1.82, 2.24) is 4.81 Å². The summed E-state index contributed by atoms with van der Waals surface area (Å²) in [5.74, 6) is 0. The topological polar surface area (TPSA) is 3.24 Å². The van der Waals surface area contributed by atoms with Crippen LogP contribution in [0.15, 0.2) is 0 Å². The second-order valence-electron chi connectivity index (χ2n) is 1.67. The molecule has 0 unspecified atom stereocenters. The predicted octanol–water partition coefficient (Wildman–Crippen LogP) is 1.22. The predicted molar refractivity (Wildman–Crippen MR) is 46.5 cm³/mol. The van der Waals surface area contributed by atoms with Crippen LogP contribution >= 0.6 is 22.6 Å². The van der Waals surface area contributed by atoms with Gasteiger partial charge in [-0.1, -0.05) is 29.5 Å². The maximum atomic E-state index is 5.49. The first-order chi connectivity index (χ1) is 3.81. The summed E-state index contributed by atoms with van der Waals surface area (Å²) < 4.78 is 1.20. The molecule has 0 aromatic carbocycles. The third-order valence-corrected chi connectivity index (χ3v) is 1.75. The molecule has 0 aromatic heterocycles. The first kappa shape index (κ1) is 8.75. The quantitative estimate of drug-likeness (QED) is 0.393. The Morgan fingerprint density at radius 3 is 2.62 bits per heavy atom. The van der Waals surface area contributed by atoms with Crippen LogP contribution in [0.1, 0.15) is 13.3 Å². The zero-order valence-electron chi connectivity index (χ0n) is 5.23. The van der Waals surface area contributed by atoms with Crippen molar-refractivity contribution < 1.29 is 0 Å². The van der Waals surface area contributed by atoms with Crippen LogP contribution < -0.4 is 0 Å². The zero-order chi connectivity index (χ0) is 6.41. The average molecular weight is 223 g/mol. The van der Waals surface area contributed by atoms with Crippen LogP contribution in [0.2, 0.25) is 0 Å². The van der Waals surface area contributed by atoms with Crippen LogP contribution in [0.25, 0.3) is 0 Å². The molecule has 3 heteroatoms. The molecule has 0 saturated heterocycles. The van der Waals surface area contributed by atoms with Crippen LogP contribution in [0.5, 0.6) is 0 Å². The van der Waals surface area contributed by atoms with Gasteiger partial charge in [0.2, 0.25) is 0 Å². The van der Waals surface area contributed by atoms with Crippen LogP contribution in [0.3, 0.4) is 0 Å². The maximum Gasteiger partial charge on any atom is 0.182 e. The van der Waals surface area contributed by atoms with E-state index in [0.29, 0.717) is 0 Å². The lowest BCUT2D eigenvalue weighted by atomic mass is 10.3. The molecule has 0 bridgehead atoms. The molecule has 0 aliphatic rings. The van der Waals surface area contributed by atoms with Gasteiger partial charge in [-0.15, -0.1) is 0 Å². The molecule has 46 valence electrons. The molecule has 0 atom stereocenters. The number of hydrogen-bond acceptors (Lipinski definition) is 1. The van der Waals surface area contributed by atoms with Crippen molar-refractivity contribution in [2.24, 2.45) is 0 Å². The van der Waals surface area contributed by atoms with Gasteiger partial charge in [-0.2, -0.15) is 0 Å². The fraction of sp³-hybridized carbons (Fsp3) is 1.00. The van der Waals surface area contributed by atoms with E-state index in [2.05, 4.69) is 29.5 Å². The lowest BCUT2D eigenvalue weighted by molar-refractivity contribution is 0.479. The van der Waals surface area contributed by atoms with E-state index in [1.807, 2.05) is 4.81 Å². The van der Waals surface area contributed by atoms with Gasteiger partial charge < -0.3 is 4.81 Å². The molecular formula is C5H11BIN. The van der Waals surface area contributed by atoms with Crippen LogP contribution in [-0.2, 0) is 0 Å². The monoisotopic (exact) mass is 223 g/mol. The highest BCUT2D eigenvalue weighted by Crippen LogP contribution is 1.89. The van der Waals surface area contributed by atoms with Crippen molar-refractivity contribution >= 4 is 30.6 Å². The molecule has 0 amide bonds. The van der Waals surface area contributed by atoms with Gasteiger partial charge in [-0.3, -0.25) is 0 Å². The fourth-order valence-electron chi connectivity index (χ4n) is 0.421. The minimum absolute atomic E-state index is 0.955. The van der Waals surface area contributed by atoms with Gasteiger partial charge in [0, 0.05) is 4.43 Å². The van der Waals surface area contributed by atoms with Crippen molar-refractivity contribution in [3.63, 3.8) is 0 Å². The van der Waals surface area contributed by atoms with Crippen molar-refractivity contribution in [2.75, 3.05) is 17.5 Å². The van der Waals surface area contributed by atoms with Gasteiger partial charge in [-0.05, 0) is 19.5 Å². The lowest BCUT2D eigenvalue weighted by Gasteiger charge is -2.11. The number of nitrogens with zero attached hydrogens (tertiary/aromatic N) is 1. The summed E-state index contributed by atoms with van der Waals surface area (Å²) in [4.78, 5) is 1.83. The highest BCUT2D eigenvalue weighted by atomic mass is 127. The molecule has 0 heterocycles. The molecule has 0 aromatic rings. The van der Waals surface area contributed by atoms with Crippen LogP contribution in [0.4, 0.5) is 0 Å². The highest BCUT2D eigenvalue weighted by Gasteiger charge is 1.89. The van der Waals surface area contributed by atoms with Gasteiger partial charge >= 0.3 is 0 Å². The van der Waals surface area contributed by atoms with Gasteiger partial charge in [0.25, 0.3) is 0 Å². The van der Waals surface area contributed by atoms with E-state index < -0.39 is 0 Å². The van der Waals surface area contributed by atoms with E-state index in [-0.39, 0.29) is 0 Å². The number of halogens is 1. The normalized spacial score (nSPS) is 10.4. The Morgan fingerprint density at radius 2 is 2.25 bits per heavy atom. The smallest absolute Gasteiger partial charge is 0.182 e. The first-order valence-corrected chi connectivity index (χ1v) is 4.39. The van der Waals surface area contributed by atoms with Crippen molar-refractivity contribution in [2.45, 2.75) is 13.3 Å². The van der Waals surface area contributed by atoms with Crippen molar-refractivity contribution in [3.05, 3.63) is 0 Å². The summed E-state index contributed by atoms with van der Waals surface area (Å²) in [6.45, 7) is 4.04. The Kier molecular flexibility index (Phi) is 6.44. The molecule has 1 nitrogen and oxygen atoms in total. The summed E-state index contributed by atoms with van der Waals surface area (Å²) in [5.41, 5.74) is 0. The molecule has 2 radical (unpaired) electrons. The minimum atomic E-state index is 0.955. The summed E-state index contributed by atoms with van der Waals surface area (Å²) in [6, 6.07) is 0. The minimum Gasteiger partial charge on any atom is -0.354 e. The van der Waals surface area contributed by atoms with E-state index in [1.165, 1.54) is 10.8 Å². The molecule has 0 saturated carbocycles. The molecular weight excluding hydrogens is 212 g/mol. The van der Waals surface area contributed by atoms with E-state index in [0.717, 1.165) is 13.1 Å². The molecule has 0 spiro atoms. The number of rotatable bonds is 4. The highest BCUT2D eigenvalue weighted by molar-refractivity contribution is 14.1. The Balaban J connectivity index is 2.86. The zero-order valence-corrected chi connectivity index (χ0v) is 7.39. The summed E-state index contributed by atoms with van der Waals surface area (Å²) in [7, 11) is 5.49. The molecule has 0 N–H and O–H groups in total. The molecule has 8 heavy (non-hydrogen) atoms. The SMILES string of the molecule is [B]N(CC)CCCI. The number of alkyl halides is 1. The first-order valence-electron chi connectivity index (χ1n) is 2.87. The van der Waals surface area contributed by atoms with Gasteiger partial charge in [0.05, 0.1) is 0 Å². The standard InChI is InChI=1S/C5H11BIN/c1-2-8(6)5-3-4-7/h2-5H2,1H3. The molecule has 0 aliphatic heterocycles. The van der Waals surface area contributed by atoms with E-state index in [9.17, 15) is 0 Å². The molecule has 0 rings (SSSR count). The Hall–Kier alpha value is 0.755. The largest absolute Gasteiger partial charge is 0.354 e. The summed E-state index contributed by atoms with van der Waals surface area (Å²) in [5, 5.41) is 0. The van der Waals surface area contributed by atoms with Gasteiger partial charge in [0.1, 0.15) is 0 Å². The summed E-state index contributed by atoms with van der Waals surface area (Å²) >= 11 is 2.35. The Bertz CT molecular complexity index is 51.7. The lowest BCUT2D eigenvalue weighted by Crippen LogP contribution is -2.20. The molecule has 0 aliphatic carbocycles. The fourth-order valence-corrected chi connectivity index (χ4v) is 0.762. The third-order valence-electron chi connectivity index (χ3n) is 0.985. The van der Waals surface area contributed by atoms with Gasteiger partial charge in [-0.25, -0.2) is 0 Å². The number of hydrogen-bond donors (Lipinski definition) is 0. The van der Waals surface area contributed by atoms with Crippen molar-refractivity contribution in [3.8, 4) is 0 Å². The van der Waals surface area contributed by atoms with Crippen LogP contribution in [0, 0.1) is 0 Å². The Labute approximate surface area is 66.4 Å². The second kappa shape index (κ2) is 5.88. The maximum absolute atomic E-state index is 5.49.